The van der Waals surface area contributed by atoms with E-state index in [-0.39, 0.29) is 0 Å². The van der Waals surface area contributed by atoms with Gasteiger partial charge in [-0.15, -0.1) is 0 Å². The molecule has 3 nitrogen and oxygen atoms in total. The van der Waals surface area contributed by atoms with Crippen LogP contribution in [0.1, 0.15) is 16.7 Å². The first-order chi connectivity index (χ1) is 8.74. The Hall–Kier alpha value is -2.60. The third-order valence-corrected chi connectivity index (χ3v) is 2.64. The van der Waals surface area contributed by atoms with Crippen molar-refractivity contribution in [2.24, 2.45) is 0 Å². The molecule has 0 atom stereocenters. The van der Waals surface area contributed by atoms with Crippen molar-refractivity contribution < 1.29 is 4.74 Å². The summed E-state index contributed by atoms with van der Waals surface area (Å²) in [6.07, 6.45) is 0. The summed E-state index contributed by atoms with van der Waals surface area (Å²) < 4.78 is 5.14. The molecule has 2 rings (SSSR count). The molecule has 0 aromatic heterocycles. The number of nitrogens with zero attached hydrogens (tertiary/aromatic N) is 1. The van der Waals surface area contributed by atoms with E-state index in [1.54, 1.807) is 31.4 Å². The van der Waals surface area contributed by atoms with E-state index in [0.717, 1.165) is 11.1 Å². The highest BCUT2D eigenvalue weighted by atomic mass is 16.5. The van der Waals surface area contributed by atoms with Gasteiger partial charge in [0.1, 0.15) is 5.75 Å². The van der Waals surface area contributed by atoms with Gasteiger partial charge in [0.25, 0.3) is 0 Å². The van der Waals surface area contributed by atoms with Crippen molar-refractivity contribution in [3.05, 3.63) is 65.2 Å². The normalized spacial score (nSPS) is 9.56. The molecule has 0 amide bonds. The average Bonchev–Trinajstić information content (AvgIpc) is 2.46. The maximum absolute atomic E-state index is 8.86. The third kappa shape index (κ3) is 2.38. The predicted molar refractivity (Wildman–Crippen MR) is 70.1 cm³/mol. The fourth-order valence-electron chi connectivity index (χ4n) is 1.69. The van der Waals surface area contributed by atoms with Crippen LogP contribution in [-0.2, 0) is 0 Å². The molecule has 2 aromatic carbocycles. The van der Waals surface area contributed by atoms with Crippen LogP contribution in [0.25, 0.3) is 0 Å². The van der Waals surface area contributed by atoms with Crippen molar-refractivity contribution in [2.75, 3.05) is 7.11 Å². The highest BCUT2D eigenvalue weighted by molar-refractivity contribution is 6.11. The van der Waals surface area contributed by atoms with Crippen LogP contribution >= 0.6 is 0 Å². The Morgan fingerprint density at radius 2 is 1.78 bits per heavy atom. The minimum absolute atomic E-state index is 0.381. The van der Waals surface area contributed by atoms with Crippen LogP contribution < -0.4 is 4.74 Å². The molecule has 1 N–H and O–H groups in total. The van der Waals surface area contributed by atoms with Crippen LogP contribution in [0.5, 0.6) is 5.75 Å². The molecule has 0 aliphatic rings. The predicted octanol–water partition coefficient (Wildman–Crippen LogP) is 2.98. The minimum atomic E-state index is 0.381. The Labute approximate surface area is 106 Å². The Balaban J connectivity index is 2.38. The van der Waals surface area contributed by atoms with Gasteiger partial charge in [-0.3, -0.25) is 5.41 Å². The number of hydrogen-bond acceptors (Lipinski definition) is 3. The summed E-state index contributed by atoms with van der Waals surface area (Å²) in [5, 5.41) is 17.0. The van der Waals surface area contributed by atoms with E-state index in [1.807, 2.05) is 24.3 Å². The molecule has 3 heteroatoms. The summed E-state index contributed by atoms with van der Waals surface area (Å²) in [4.78, 5) is 0. The first-order valence-electron chi connectivity index (χ1n) is 5.48. The quantitative estimate of drug-likeness (QED) is 0.833. The molecule has 2 aromatic rings. The Bertz CT molecular complexity index is 626. The van der Waals surface area contributed by atoms with Gasteiger partial charge in [0.2, 0.25) is 0 Å². The van der Waals surface area contributed by atoms with Gasteiger partial charge in [0, 0.05) is 11.1 Å². The number of rotatable bonds is 3. The van der Waals surface area contributed by atoms with Crippen LogP contribution in [0, 0.1) is 16.7 Å². The van der Waals surface area contributed by atoms with Gasteiger partial charge in [0.15, 0.2) is 0 Å². The Morgan fingerprint density at radius 1 is 1.11 bits per heavy atom. The number of hydrogen-bond donors (Lipinski definition) is 1. The van der Waals surface area contributed by atoms with E-state index in [2.05, 4.69) is 6.07 Å². The molecule has 0 unspecified atom stereocenters. The standard InChI is InChI=1S/C15H12N2O/c1-18-14-7-3-6-13(9-14)15(17)12-5-2-4-11(8-12)10-16/h2-9,17H,1H3. The topological polar surface area (TPSA) is 56.9 Å². The summed E-state index contributed by atoms with van der Waals surface area (Å²) in [5.41, 5.74) is 2.43. The lowest BCUT2D eigenvalue weighted by Gasteiger charge is -2.06. The fourth-order valence-corrected chi connectivity index (χ4v) is 1.69. The zero-order chi connectivity index (χ0) is 13.0. The molecule has 88 valence electrons. The van der Waals surface area contributed by atoms with Gasteiger partial charge in [-0.25, -0.2) is 0 Å². The van der Waals surface area contributed by atoms with Gasteiger partial charge >= 0.3 is 0 Å². The van der Waals surface area contributed by atoms with E-state index >= 15 is 0 Å². The van der Waals surface area contributed by atoms with Crippen LogP contribution in [0.4, 0.5) is 0 Å². The van der Waals surface area contributed by atoms with Gasteiger partial charge in [0.05, 0.1) is 24.5 Å². The molecule has 0 aliphatic carbocycles. The average molecular weight is 236 g/mol. The summed E-state index contributed by atoms with van der Waals surface area (Å²) in [6, 6.07) is 16.4. The molecule has 0 saturated carbocycles. The number of methoxy groups -OCH3 is 1. The zero-order valence-electron chi connectivity index (χ0n) is 9.97. The van der Waals surface area contributed by atoms with Crippen molar-refractivity contribution in [3.63, 3.8) is 0 Å². The lowest BCUT2D eigenvalue weighted by Crippen LogP contribution is -2.01. The Kier molecular flexibility index (Phi) is 3.40. The number of benzene rings is 2. The van der Waals surface area contributed by atoms with Crippen LogP contribution in [-0.4, -0.2) is 12.8 Å². The molecular weight excluding hydrogens is 224 g/mol. The van der Waals surface area contributed by atoms with E-state index < -0.39 is 0 Å². The molecule has 0 heterocycles. The largest absolute Gasteiger partial charge is 0.497 e. The molecule has 0 saturated heterocycles. The van der Waals surface area contributed by atoms with Crippen LogP contribution in [0.2, 0.25) is 0 Å². The summed E-state index contributed by atoms with van der Waals surface area (Å²) in [6.45, 7) is 0. The maximum Gasteiger partial charge on any atom is 0.119 e. The molecule has 0 aliphatic heterocycles. The third-order valence-electron chi connectivity index (χ3n) is 2.64. The highest BCUT2D eigenvalue weighted by Crippen LogP contribution is 2.16. The number of nitrogens with one attached hydrogen (secondary N) is 1. The second-order valence-electron chi connectivity index (χ2n) is 3.80. The number of nitriles is 1. The summed E-state index contributed by atoms with van der Waals surface area (Å²) in [5.74, 6) is 0.716. The lowest BCUT2D eigenvalue weighted by molar-refractivity contribution is 0.414. The molecule has 0 bridgehead atoms. The highest BCUT2D eigenvalue weighted by Gasteiger charge is 2.06. The maximum atomic E-state index is 8.86. The lowest BCUT2D eigenvalue weighted by atomic mass is 10.0. The van der Waals surface area contributed by atoms with Crippen LogP contribution in [0.3, 0.4) is 0 Å². The smallest absolute Gasteiger partial charge is 0.119 e. The first-order valence-corrected chi connectivity index (χ1v) is 5.48. The zero-order valence-corrected chi connectivity index (χ0v) is 9.97. The SMILES string of the molecule is COc1cccc(C(=N)c2cccc(C#N)c2)c1. The molecule has 0 radical (unpaired) electrons. The van der Waals surface area contributed by atoms with Crippen molar-refractivity contribution >= 4 is 5.71 Å². The van der Waals surface area contributed by atoms with E-state index in [4.69, 9.17) is 15.4 Å². The fraction of sp³-hybridized carbons (Fsp3) is 0.0667. The van der Waals surface area contributed by atoms with Crippen molar-refractivity contribution in [1.29, 1.82) is 10.7 Å². The monoisotopic (exact) mass is 236 g/mol. The number of ether oxygens (including phenoxy) is 1. The first kappa shape index (κ1) is 11.9. The van der Waals surface area contributed by atoms with Crippen molar-refractivity contribution in [1.82, 2.24) is 0 Å². The van der Waals surface area contributed by atoms with Gasteiger partial charge in [-0.1, -0.05) is 24.3 Å². The molecular formula is C15H12N2O. The van der Waals surface area contributed by atoms with E-state index in [9.17, 15) is 0 Å². The van der Waals surface area contributed by atoms with Gasteiger partial charge < -0.3 is 4.74 Å². The molecule has 18 heavy (non-hydrogen) atoms. The summed E-state index contributed by atoms with van der Waals surface area (Å²) in [7, 11) is 1.60. The van der Waals surface area contributed by atoms with Crippen LogP contribution in [0.15, 0.2) is 48.5 Å². The second-order valence-corrected chi connectivity index (χ2v) is 3.80. The minimum Gasteiger partial charge on any atom is -0.497 e. The Morgan fingerprint density at radius 3 is 2.44 bits per heavy atom. The van der Waals surface area contributed by atoms with Gasteiger partial charge in [-0.2, -0.15) is 5.26 Å². The van der Waals surface area contributed by atoms with E-state index in [0.29, 0.717) is 17.0 Å². The molecule has 0 spiro atoms. The second kappa shape index (κ2) is 5.15. The summed E-state index contributed by atoms with van der Waals surface area (Å²) >= 11 is 0. The van der Waals surface area contributed by atoms with E-state index in [1.165, 1.54) is 0 Å². The molecule has 0 fully saturated rings. The van der Waals surface area contributed by atoms with Crippen molar-refractivity contribution in [2.45, 2.75) is 0 Å². The van der Waals surface area contributed by atoms with Crippen molar-refractivity contribution in [3.8, 4) is 11.8 Å². The van der Waals surface area contributed by atoms with Gasteiger partial charge in [-0.05, 0) is 24.3 Å².